The zero-order valence-corrected chi connectivity index (χ0v) is 11.6. The summed E-state index contributed by atoms with van der Waals surface area (Å²) in [6, 6.07) is 0. The maximum atomic E-state index is 12.0. The van der Waals surface area contributed by atoms with Crippen LogP contribution in [0.5, 0.6) is 0 Å². The molecule has 0 saturated carbocycles. The van der Waals surface area contributed by atoms with Crippen molar-refractivity contribution in [1.29, 1.82) is 0 Å². The Balaban J connectivity index is 2.38. The minimum atomic E-state index is -4.34. The maximum absolute atomic E-state index is 12.0. The summed E-state index contributed by atoms with van der Waals surface area (Å²) in [5.74, 6) is 0.423. The third kappa shape index (κ3) is 6.07. The highest BCUT2D eigenvalue weighted by Crippen LogP contribution is 2.20. The zero-order valence-electron chi connectivity index (χ0n) is 10.8. The molecule has 2 N–H and O–H groups in total. The van der Waals surface area contributed by atoms with Crippen molar-refractivity contribution >= 4 is 10.2 Å². The second kappa shape index (κ2) is 6.87. The number of piperidine rings is 1. The highest BCUT2D eigenvalue weighted by atomic mass is 32.2. The van der Waals surface area contributed by atoms with Gasteiger partial charge in [-0.25, -0.2) is 4.72 Å². The Hall–Kier alpha value is -0.380. The molecule has 0 unspecified atom stereocenters. The van der Waals surface area contributed by atoms with E-state index < -0.39 is 29.4 Å². The molecule has 0 bridgehead atoms. The summed E-state index contributed by atoms with van der Waals surface area (Å²) in [4.78, 5) is 0. The van der Waals surface area contributed by atoms with Gasteiger partial charge in [-0.2, -0.15) is 25.9 Å². The van der Waals surface area contributed by atoms with E-state index in [1.807, 2.05) is 11.8 Å². The van der Waals surface area contributed by atoms with Crippen molar-refractivity contribution in [3.63, 3.8) is 0 Å². The Labute approximate surface area is 111 Å². The molecule has 0 aromatic carbocycles. The standard InChI is InChI=1S/C10H20F3N3O2S/c1-14-8-9-2-6-16(7-3-9)19(17,18)15-5-4-10(11,12)13/h9,14-15H,2-8H2,1H3. The molecular weight excluding hydrogens is 283 g/mol. The third-order valence-electron chi connectivity index (χ3n) is 3.10. The van der Waals surface area contributed by atoms with Gasteiger partial charge in [0.2, 0.25) is 0 Å². The van der Waals surface area contributed by atoms with E-state index in [1.54, 1.807) is 0 Å². The van der Waals surface area contributed by atoms with Crippen LogP contribution >= 0.6 is 0 Å². The second-order valence-corrected chi connectivity index (χ2v) is 6.42. The number of nitrogens with zero attached hydrogens (tertiary/aromatic N) is 1. The van der Waals surface area contributed by atoms with Gasteiger partial charge in [-0.15, -0.1) is 0 Å². The summed E-state index contributed by atoms with van der Waals surface area (Å²) in [7, 11) is -1.95. The predicted octanol–water partition coefficient (Wildman–Crippen LogP) is 0.705. The molecule has 114 valence electrons. The monoisotopic (exact) mass is 303 g/mol. The van der Waals surface area contributed by atoms with Crippen LogP contribution in [0.2, 0.25) is 0 Å². The van der Waals surface area contributed by atoms with Crippen LogP contribution in [-0.4, -0.2) is 52.1 Å². The molecule has 0 aromatic rings. The van der Waals surface area contributed by atoms with Crippen LogP contribution in [0.1, 0.15) is 19.3 Å². The van der Waals surface area contributed by atoms with Crippen molar-refractivity contribution < 1.29 is 21.6 Å². The van der Waals surface area contributed by atoms with Crippen LogP contribution < -0.4 is 10.0 Å². The van der Waals surface area contributed by atoms with Gasteiger partial charge < -0.3 is 5.32 Å². The molecule has 1 aliphatic rings. The van der Waals surface area contributed by atoms with Gasteiger partial charge in [0.1, 0.15) is 0 Å². The molecule has 0 amide bonds. The summed E-state index contributed by atoms with van der Waals surface area (Å²) in [6.45, 7) is 0.930. The summed E-state index contributed by atoms with van der Waals surface area (Å²) >= 11 is 0. The average molecular weight is 303 g/mol. The fraction of sp³-hybridized carbons (Fsp3) is 1.00. The number of nitrogens with one attached hydrogen (secondary N) is 2. The number of hydrogen-bond donors (Lipinski definition) is 2. The van der Waals surface area contributed by atoms with Crippen LogP contribution in [0.15, 0.2) is 0 Å². The van der Waals surface area contributed by atoms with Crippen LogP contribution in [-0.2, 0) is 10.2 Å². The van der Waals surface area contributed by atoms with Crippen molar-refractivity contribution in [3.8, 4) is 0 Å². The number of halogens is 3. The molecule has 19 heavy (non-hydrogen) atoms. The lowest BCUT2D eigenvalue weighted by Gasteiger charge is -2.31. The van der Waals surface area contributed by atoms with Gasteiger partial charge in [0.15, 0.2) is 0 Å². The lowest BCUT2D eigenvalue weighted by Crippen LogP contribution is -2.46. The normalized spacial score (nSPS) is 19.8. The van der Waals surface area contributed by atoms with Gasteiger partial charge in [-0.05, 0) is 32.4 Å². The first-order valence-electron chi connectivity index (χ1n) is 6.20. The Bertz CT molecular complexity index is 365. The second-order valence-electron chi connectivity index (χ2n) is 4.66. The molecular formula is C10H20F3N3O2S. The lowest BCUT2D eigenvalue weighted by molar-refractivity contribution is -0.132. The molecule has 1 fully saturated rings. The molecule has 0 spiro atoms. The largest absolute Gasteiger partial charge is 0.390 e. The van der Waals surface area contributed by atoms with E-state index in [9.17, 15) is 21.6 Å². The minimum absolute atomic E-state index is 0.355. The Kier molecular flexibility index (Phi) is 6.03. The summed E-state index contributed by atoms with van der Waals surface area (Å²) in [5.41, 5.74) is 0. The van der Waals surface area contributed by atoms with E-state index in [2.05, 4.69) is 5.32 Å². The summed E-state index contributed by atoms with van der Waals surface area (Å²) < 4.78 is 62.6. The fourth-order valence-electron chi connectivity index (χ4n) is 2.06. The van der Waals surface area contributed by atoms with E-state index in [0.717, 1.165) is 19.4 Å². The van der Waals surface area contributed by atoms with Gasteiger partial charge >= 0.3 is 6.18 Å². The first kappa shape index (κ1) is 16.7. The van der Waals surface area contributed by atoms with Gasteiger partial charge in [-0.1, -0.05) is 0 Å². The van der Waals surface area contributed by atoms with Crippen molar-refractivity contribution in [1.82, 2.24) is 14.3 Å². The average Bonchev–Trinajstić information content (AvgIpc) is 2.28. The van der Waals surface area contributed by atoms with Crippen molar-refractivity contribution in [3.05, 3.63) is 0 Å². The van der Waals surface area contributed by atoms with Crippen molar-refractivity contribution in [2.75, 3.05) is 33.2 Å². The fourth-order valence-corrected chi connectivity index (χ4v) is 3.29. The summed E-state index contributed by atoms with van der Waals surface area (Å²) in [6.07, 6.45) is -4.05. The topological polar surface area (TPSA) is 61.4 Å². The van der Waals surface area contributed by atoms with Gasteiger partial charge in [0.25, 0.3) is 10.2 Å². The van der Waals surface area contributed by atoms with Crippen molar-refractivity contribution in [2.24, 2.45) is 5.92 Å². The molecule has 0 radical (unpaired) electrons. The van der Waals surface area contributed by atoms with Crippen molar-refractivity contribution in [2.45, 2.75) is 25.4 Å². The molecule has 1 saturated heterocycles. The molecule has 0 atom stereocenters. The molecule has 9 heteroatoms. The van der Waals surface area contributed by atoms with Gasteiger partial charge in [-0.3, -0.25) is 0 Å². The van der Waals surface area contributed by atoms with Crippen LogP contribution in [0, 0.1) is 5.92 Å². The van der Waals surface area contributed by atoms with E-state index >= 15 is 0 Å². The van der Waals surface area contributed by atoms with E-state index in [-0.39, 0.29) is 0 Å². The number of alkyl halides is 3. The Morgan fingerprint density at radius 2 is 1.84 bits per heavy atom. The molecule has 0 aromatic heterocycles. The minimum Gasteiger partial charge on any atom is -0.319 e. The smallest absolute Gasteiger partial charge is 0.319 e. The maximum Gasteiger partial charge on any atom is 0.390 e. The first-order chi connectivity index (χ1) is 8.74. The third-order valence-corrected chi connectivity index (χ3v) is 4.71. The summed E-state index contributed by atoms with van der Waals surface area (Å²) in [5, 5.41) is 3.03. The molecule has 5 nitrogen and oxygen atoms in total. The van der Waals surface area contributed by atoms with E-state index in [1.165, 1.54) is 4.31 Å². The first-order valence-corrected chi connectivity index (χ1v) is 7.64. The lowest BCUT2D eigenvalue weighted by atomic mass is 9.98. The van der Waals surface area contributed by atoms with E-state index in [4.69, 9.17) is 0 Å². The Morgan fingerprint density at radius 1 is 1.26 bits per heavy atom. The SMILES string of the molecule is CNCC1CCN(S(=O)(=O)NCCC(F)(F)F)CC1. The quantitative estimate of drug-likeness (QED) is 0.759. The molecule has 1 aliphatic heterocycles. The van der Waals surface area contributed by atoms with Gasteiger partial charge in [0.05, 0.1) is 6.42 Å². The Morgan fingerprint density at radius 3 is 2.32 bits per heavy atom. The molecule has 1 heterocycles. The highest BCUT2D eigenvalue weighted by Gasteiger charge is 2.30. The van der Waals surface area contributed by atoms with E-state index in [0.29, 0.717) is 19.0 Å². The van der Waals surface area contributed by atoms with Crippen LogP contribution in [0.3, 0.4) is 0 Å². The predicted molar refractivity (Wildman–Crippen MR) is 65.8 cm³/mol. The van der Waals surface area contributed by atoms with Gasteiger partial charge in [0, 0.05) is 19.6 Å². The number of rotatable bonds is 6. The number of hydrogen-bond acceptors (Lipinski definition) is 3. The highest BCUT2D eigenvalue weighted by molar-refractivity contribution is 7.87. The van der Waals surface area contributed by atoms with Crippen LogP contribution in [0.25, 0.3) is 0 Å². The molecule has 0 aliphatic carbocycles. The molecule has 1 rings (SSSR count). The zero-order chi connectivity index (χ0) is 14.5. The van der Waals surface area contributed by atoms with Crippen LogP contribution in [0.4, 0.5) is 13.2 Å².